The van der Waals surface area contributed by atoms with Gasteiger partial charge in [0.2, 0.25) is 0 Å². The van der Waals surface area contributed by atoms with Gasteiger partial charge >= 0.3 is 11.6 Å². The number of ether oxygens (including phenoxy) is 2. The van der Waals surface area contributed by atoms with Crippen molar-refractivity contribution in [2.45, 2.75) is 13.8 Å². The molecule has 1 aromatic heterocycles. The van der Waals surface area contributed by atoms with Crippen LogP contribution in [0.25, 0.3) is 11.0 Å². The van der Waals surface area contributed by atoms with Gasteiger partial charge in [-0.05, 0) is 55.8 Å². The predicted molar refractivity (Wildman–Crippen MR) is 89.9 cm³/mol. The molecule has 0 spiro atoms. The predicted octanol–water partition coefficient (Wildman–Crippen LogP) is 3.64. The highest BCUT2D eigenvalue weighted by Crippen LogP contribution is 2.28. The van der Waals surface area contributed by atoms with E-state index in [4.69, 9.17) is 13.9 Å². The third-order valence-corrected chi connectivity index (χ3v) is 3.85. The van der Waals surface area contributed by atoms with Gasteiger partial charge in [-0.15, -0.1) is 0 Å². The minimum absolute atomic E-state index is 0.358. The lowest BCUT2D eigenvalue weighted by Gasteiger charge is -2.10. The van der Waals surface area contributed by atoms with E-state index < -0.39 is 11.6 Å². The first-order chi connectivity index (χ1) is 11.5. The summed E-state index contributed by atoms with van der Waals surface area (Å²) in [5, 5.41) is 0.816. The number of carbonyl (C=O) groups excluding carboxylic acids is 1. The Balaban J connectivity index is 1.96. The normalized spacial score (nSPS) is 10.6. The van der Waals surface area contributed by atoms with Gasteiger partial charge in [-0.2, -0.15) is 0 Å². The zero-order valence-corrected chi connectivity index (χ0v) is 13.6. The van der Waals surface area contributed by atoms with E-state index in [-0.39, 0.29) is 0 Å². The number of aryl methyl sites for hydroxylation is 2. The molecule has 0 saturated heterocycles. The average molecular weight is 324 g/mol. The van der Waals surface area contributed by atoms with Crippen LogP contribution in [0.1, 0.15) is 21.5 Å². The van der Waals surface area contributed by atoms with E-state index in [0.717, 1.165) is 10.9 Å². The van der Waals surface area contributed by atoms with E-state index in [2.05, 4.69) is 0 Å². The Kier molecular flexibility index (Phi) is 4.08. The molecule has 0 unspecified atom stereocenters. The third-order valence-electron chi connectivity index (χ3n) is 3.85. The Morgan fingerprint density at radius 1 is 1.04 bits per heavy atom. The number of hydrogen-bond acceptors (Lipinski definition) is 5. The van der Waals surface area contributed by atoms with Crippen molar-refractivity contribution in [2.75, 3.05) is 7.11 Å². The smallest absolute Gasteiger partial charge is 0.343 e. The van der Waals surface area contributed by atoms with Crippen molar-refractivity contribution in [3.05, 3.63) is 69.6 Å². The van der Waals surface area contributed by atoms with Gasteiger partial charge in [0, 0.05) is 17.0 Å². The molecule has 2 aromatic carbocycles. The first-order valence-electron chi connectivity index (χ1n) is 7.40. The molecule has 0 atom stereocenters. The molecule has 5 nitrogen and oxygen atoms in total. The summed E-state index contributed by atoms with van der Waals surface area (Å²) in [6, 6.07) is 11.5. The summed E-state index contributed by atoms with van der Waals surface area (Å²) in [4.78, 5) is 23.9. The van der Waals surface area contributed by atoms with Crippen molar-refractivity contribution in [2.24, 2.45) is 0 Å². The monoisotopic (exact) mass is 324 g/mol. The van der Waals surface area contributed by atoms with Crippen LogP contribution in [0.5, 0.6) is 11.5 Å². The summed E-state index contributed by atoms with van der Waals surface area (Å²) in [6.45, 7) is 3.59. The van der Waals surface area contributed by atoms with Gasteiger partial charge in [-0.3, -0.25) is 0 Å². The molecule has 5 heteroatoms. The average Bonchev–Trinajstić information content (AvgIpc) is 2.57. The first-order valence-corrected chi connectivity index (χ1v) is 7.40. The van der Waals surface area contributed by atoms with Crippen LogP contribution in [-0.2, 0) is 0 Å². The van der Waals surface area contributed by atoms with Crippen molar-refractivity contribution in [3.8, 4) is 11.5 Å². The van der Waals surface area contributed by atoms with Gasteiger partial charge in [-0.1, -0.05) is 0 Å². The molecule has 0 amide bonds. The lowest BCUT2D eigenvalue weighted by Crippen LogP contribution is -2.09. The van der Waals surface area contributed by atoms with Crippen LogP contribution >= 0.6 is 0 Å². The molecule has 0 aliphatic rings. The molecule has 24 heavy (non-hydrogen) atoms. The van der Waals surface area contributed by atoms with Crippen LogP contribution in [0.4, 0.5) is 0 Å². The molecule has 122 valence electrons. The minimum Gasteiger partial charge on any atom is -0.497 e. The highest BCUT2D eigenvalue weighted by atomic mass is 16.5. The molecule has 0 saturated carbocycles. The Morgan fingerprint density at radius 2 is 1.75 bits per heavy atom. The van der Waals surface area contributed by atoms with E-state index in [1.807, 2.05) is 6.92 Å². The van der Waals surface area contributed by atoms with E-state index in [9.17, 15) is 9.59 Å². The molecule has 3 rings (SSSR count). The molecule has 0 bridgehead atoms. The van der Waals surface area contributed by atoms with Crippen molar-refractivity contribution in [1.29, 1.82) is 0 Å². The lowest BCUT2D eigenvalue weighted by molar-refractivity contribution is 0.0733. The van der Waals surface area contributed by atoms with Crippen molar-refractivity contribution in [3.63, 3.8) is 0 Å². The zero-order valence-electron chi connectivity index (χ0n) is 13.6. The Hall–Kier alpha value is -3.08. The van der Waals surface area contributed by atoms with Gasteiger partial charge in [0.15, 0.2) is 0 Å². The van der Waals surface area contributed by atoms with Crippen molar-refractivity contribution >= 4 is 16.9 Å². The number of fused-ring (bicyclic) bond motifs is 1. The first kappa shape index (κ1) is 15.8. The van der Waals surface area contributed by atoms with Crippen molar-refractivity contribution in [1.82, 2.24) is 0 Å². The second-order valence-corrected chi connectivity index (χ2v) is 5.43. The van der Waals surface area contributed by atoms with Crippen LogP contribution in [0, 0.1) is 13.8 Å². The Morgan fingerprint density at radius 3 is 2.42 bits per heavy atom. The maximum atomic E-state index is 12.3. The van der Waals surface area contributed by atoms with Gasteiger partial charge in [0.05, 0.1) is 12.7 Å². The van der Waals surface area contributed by atoms with Crippen LogP contribution in [0.3, 0.4) is 0 Å². The third kappa shape index (κ3) is 2.88. The maximum Gasteiger partial charge on any atom is 0.343 e. The molecular weight excluding hydrogens is 308 g/mol. The van der Waals surface area contributed by atoms with Gasteiger partial charge in [-0.25, -0.2) is 9.59 Å². The minimum atomic E-state index is -0.491. The number of rotatable bonds is 3. The fraction of sp³-hybridized carbons (Fsp3) is 0.158. The molecule has 1 heterocycles. The van der Waals surface area contributed by atoms with Crippen LogP contribution in [0.2, 0.25) is 0 Å². The summed E-state index contributed by atoms with van der Waals surface area (Å²) in [7, 11) is 1.56. The molecule has 0 aliphatic heterocycles. The summed E-state index contributed by atoms with van der Waals surface area (Å²) >= 11 is 0. The van der Waals surface area contributed by atoms with Crippen LogP contribution < -0.4 is 15.1 Å². The second-order valence-electron chi connectivity index (χ2n) is 5.43. The second kappa shape index (κ2) is 6.20. The van der Waals surface area contributed by atoms with E-state index in [0.29, 0.717) is 28.2 Å². The quantitative estimate of drug-likeness (QED) is 0.418. The topological polar surface area (TPSA) is 65.7 Å². The summed E-state index contributed by atoms with van der Waals surface area (Å²) in [6.07, 6.45) is 0. The van der Waals surface area contributed by atoms with Gasteiger partial charge in [0.25, 0.3) is 0 Å². The summed E-state index contributed by atoms with van der Waals surface area (Å²) in [5.41, 5.74) is 1.83. The van der Waals surface area contributed by atoms with Crippen LogP contribution in [0.15, 0.2) is 51.7 Å². The van der Waals surface area contributed by atoms with Crippen LogP contribution in [-0.4, -0.2) is 13.1 Å². The summed E-state index contributed by atoms with van der Waals surface area (Å²) < 4.78 is 15.8. The van der Waals surface area contributed by atoms with Gasteiger partial charge in [0.1, 0.15) is 17.1 Å². The summed E-state index contributed by atoms with van der Waals surface area (Å²) in [5.74, 6) is 0.526. The molecule has 0 radical (unpaired) electrons. The Bertz CT molecular complexity index is 967. The highest BCUT2D eigenvalue weighted by molar-refractivity contribution is 5.92. The van der Waals surface area contributed by atoms with Crippen molar-refractivity contribution < 1.29 is 18.7 Å². The fourth-order valence-electron chi connectivity index (χ4n) is 2.50. The number of hydrogen-bond donors (Lipinski definition) is 0. The van der Waals surface area contributed by atoms with E-state index in [1.165, 1.54) is 6.07 Å². The number of carbonyl (C=O) groups is 1. The molecule has 0 aliphatic carbocycles. The fourth-order valence-corrected chi connectivity index (χ4v) is 2.50. The SMILES string of the molecule is COc1ccc(C(=O)Oc2ccc3c(C)cc(=O)oc3c2C)cc1. The van der Waals surface area contributed by atoms with Gasteiger partial charge < -0.3 is 13.9 Å². The zero-order chi connectivity index (χ0) is 17.3. The molecular formula is C19H16O5. The number of esters is 1. The molecule has 0 N–H and O–H groups in total. The highest BCUT2D eigenvalue weighted by Gasteiger charge is 2.14. The number of methoxy groups -OCH3 is 1. The standard InChI is InChI=1S/C19H16O5/c1-11-10-17(20)24-18-12(2)16(9-8-15(11)18)23-19(21)13-4-6-14(22-3)7-5-13/h4-10H,1-3H3. The largest absolute Gasteiger partial charge is 0.497 e. The molecule has 3 aromatic rings. The van der Waals surface area contributed by atoms with E-state index in [1.54, 1.807) is 50.4 Å². The molecule has 0 fully saturated rings. The maximum absolute atomic E-state index is 12.3. The van der Waals surface area contributed by atoms with E-state index >= 15 is 0 Å². The Labute approximate surface area is 138 Å². The lowest BCUT2D eigenvalue weighted by atomic mass is 10.1. The number of benzene rings is 2.